The zero-order valence-electron chi connectivity index (χ0n) is 17.1. The second-order valence-corrected chi connectivity index (χ2v) is 6.73. The molecule has 158 valence electrons. The van der Waals surface area contributed by atoms with Gasteiger partial charge in [-0.15, -0.1) is 0 Å². The number of hydrogen-bond donors (Lipinski definition) is 0. The molecule has 0 aliphatic heterocycles. The highest BCUT2D eigenvalue weighted by atomic mass is 35.5. The molecular formula is C23H19ClN2O5. The zero-order chi connectivity index (χ0) is 22.4. The molecule has 1 heterocycles. The first kappa shape index (κ1) is 22.0. The lowest BCUT2D eigenvalue weighted by atomic mass is 9.94. The van der Waals surface area contributed by atoms with Crippen molar-refractivity contribution in [2.45, 2.75) is 6.92 Å². The Balaban J connectivity index is 2.32. The van der Waals surface area contributed by atoms with Crippen LogP contribution in [0.2, 0.25) is 5.02 Å². The van der Waals surface area contributed by atoms with E-state index in [1.165, 1.54) is 33.6 Å². The van der Waals surface area contributed by atoms with Gasteiger partial charge in [0.2, 0.25) is 0 Å². The fourth-order valence-corrected chi connectivity index (χ4v) is 3.26. The average molecular weight is 439 g/mol. The van der Waals surface area contributed by atoms with E-state index in [0.29, 0.717) is 27.2 Å². The number of halogens is 1. The Morgan fingerprint density at radius 2 is 1.65 bits per heavy atom. The lowest BCUT2D eigenvalue weighted by molar-refractivity contribution is -0.141. The normalized spacial score (nSPS) is 11.9. The molecule has 0 amide bonds. The molecule has 0 aliphatic rings. The van der Waals surface area contributed by atoms with Crippen molar-refractivity contribution in [2.24, 2.45) is 5.16 Å². The highest BCUT2D eigenvalue weighted by Gasteiger charge is 2.23. The van der Waals surface area contributed by atoms with Crippen LogP contribution in [-0.4, -0.2) is 36.9 Å². The summed E-state index contributed by atoms with van der Waals surface area (Å²) in [6, 6.07) is 14.3. The van der Waals surface area contributed by atoms with Crippen molar-refractivity contribution in [3.05, 3.63) is 82.8 Å². The molecule has 0 aliphatic carbocycles. The molecule has 0 saturated carbocycles. The van der Waals surface area contributed by atoms with Crippen LogP contribution in [-0.2, 0) is 23.9 Å². The molecule has 7 nitrogen and oxygen atoms in total. The quantitative estimate of drug-likeness (QED) is 0.142. The second kappa shape index (κ2) is 9.86. The molecule has 0 radical (unpaired) electrons. The van der Waals surface area contributed by atoms with Crippen molar-refractivity contribution in [1.82, 2.24) is 4.98 Å². The third-order valence-corrected chi connectivity index (χ3v) is 4.65. The van der Waals surface area contributed by atoms with E-state index in [1.807, 2.05) is 24.3 Å². The van der Waals surface area contributed by atoms with Gasteiger partial charge in [0.1, 0.15) is 17.0 Å². The van der Waals surface area contributed by atoms with E-state index in [0.717, 1.165) is 5.39 Å². The van der Waals surface area contributed by atoms with Crippen LogP contribution in [0.5, 0.6) is 0 Å². The third-order valence-electron chi connectivity index (χ3n) is 4.35. The van der Waals surface area contributed by atoms with E-state index in [1.54, 1.807) is 24.3 Å². The van der Waals surface area contributed by atoms with Gasteiger partial charge in [0.25, 0.3) is 0 Å². The van der Waals surface area contributed by atoms with E-state index >= 15 is 0 Å². The van der Waals surface area contributed by atoms with Crippen molar-refractivity contribution in [1.29, 1.82) is 0 Å². The van der Waals surface area contributed by atoms with Gasteiger partial charge in [0.05, 0.1) is 25.5 Å². The summed E-state index contributed by atoms with van der Waals surface area (Å²) in [6.07, 6.45) is 2.78. The molecule has 0 saturated heterocycles. The summed E-state index contributed by atoms with van der Waals surface area (Å²) in [5, 5.41) is 5.99. The average Bonchev–Trinajstić information content (AvgIpc) is 2.79. The number of ether oxygens (including phenoxy) is 2. The summed E-state index contributed by atoms with van der Waals surface area (Å²) < 4.78 is 9.98. The largest absolute Gasteiger partial charge is 0.503 e. The van der Waals surface area contributed by atoms with Crippen molar-refractivity contribution in [3.8, 4) is 0 Å². The van der Waals surface area contributed by atoms with Crippen LogP contribution >= 0.6 is 11.6 Å². The fourth-order valence-electron chi connectivity index (χ4n) is 3.05. The smallest absolute Gasteiger partial charge is 0.341 e. The lowest BCUT2D eigenvalue weighted by Crippen LogP contribution is -2.14. The summed E-state index contributed by atoms with van der Waals surface area (Å²) in [7, 11) is 2.70. The van der Waals surface area contributed by atoms with E-state index in [-0.39, 0.29) is 11.3 Å². The van der Waals surface area contributed by atoms with Gasteiger partial charge in [-0.05, 0) is 0 Å². The summed E-state index contributed by atoms with van der Waals surface area (Å²) in [6.45, 7) is 1.24. The van der Waals surface area contributed by atoms with Gasteiger partial charge in [0.15, 0.2) is 0 Å². The molecule has 3 rings (SSSR count). The first-order valence-electron chi connectivity index (χ1n) is 9.18. The maximum Gasteiger partial charge on any atom is 0.341 e. The molecule has 0 bridgehead atoms. The molecule has 2 aromatic carbocycles. The minimum Gasteiger partial charge on any atom is -0.503 e. The zero-order valence-corrected chi connectivity index (χ0v) is 17.8. The van der Waals surface area contributed by atoms with Crippen LogP contribution in [0.3, 0.4) is 0 Å². The maximum absolute atomic E-state index is 12.4. The molecule has 0 atom stereocenters. The highest BCUT2D eigenvalue weighted by Crippen LogP contribution is 2.29. The fraction of sp³-hybridized carbons (Fsp3) is 0.130. The van der Waals surface area contributed by atoms with Gasteiger partial charge in [-0.3, -0.25) is 4.98 Å². The van der Waals surface area contributed by atoms with Crippen LogP contribution in [0.4, 0.5) is 0 Å². The number of carbonyl (C=O) groups is 2. The summed E-state index contributed by atoms with van der Waals surface area (Å²) in [5.74, 6) is -1.20. The first-order valence-corrected chi connectivity index (χ1v) is 9.56. The number of pyridine rings is 1. The summed E-state index contributed by atoms with van der Waals surface area (Å²) >= 11 is 6.32. The molecule has 0 fully saturated rings. The number of aromatic nitrogens is 1. The standard InChI is InChI=1S/C23H19ClN2O5/c1-14(27)31-26-22(21-18-11-7-5-9-16(18)20(24)12-25-21)17-10-6-4-8-15(17)19(13-29-2)23(28)30-3/h4-13H,1-3H3. The van der Waals surface area contributed by atoms with Crippen LogP contribution in [0.1, 0.15) is 23.7 Å². The topological polar surface area (TPSA) is 87.1 Å². The van der Waals surface area contributed by atoms with Gasteiger partial charge < -0.3 is 14.3 Å². The van der Waals surface area contributed by atoms with Gasteiger partial charge in [-0.25, -0.2) is 9.59 Å². The predicted octanol–water partition coefficient (Wildman–Crippen LogP) is 4.36. The molecular weight excluding hydrogens is 420 g/mol. The van der Waals surface area contributed by atoms with Crippen molar-refractivity contribution >= 4 is 45.6 Å². The number of fused-ring (bicyclic) bond motifs is 1. The van der Waals surface area contributed by atoms with E-state index in [2.05, 4.69) is 10.1 Å². The molecule has 1 aromatic heterocycles. The van der Waals surface area contributed by atoms with Gasteiger partial charge in [-0.2, -0.15) is 0 Å². The number of nitrogens with zero attached hydrogens (tertiary/aromatic N) is 2. The monoisotopic (exact) mass is 438 g/mol. The number of esters is 1. The van der Waals surface area contributed by atoms with Gasteiger partial charge in [0, 0.05) is 35.0 Å². The Morgan fingerprint density at radius 3 is 2.29 bits per heavy atom. The van der Waals surface area contributed by atoms with Crippen molar-refractivity contribution < 1.29 is 23.9 Å². The Morgan fingerprint density at radius 1 is 1.00 bits per heavy atom. The minimum absolute atomic E-state index is 0.161. The van der Waals surface area contributed by atoms with E-state index in [9.17, 15) is 9.59 Å². The number of methoxy groups -OCH3 is 2. The highest BCUT2D eigenvalue weighted by molar-refractivity contribution is 6.36. The minimum atomic E-state index is -0.603. The Kier molecular flexibility index (Phi) is 6.99. The Labute approximate surface area is 183 Å². The second-order valence-electron chi connectivity index (χ2n) is 6.33. The van der Waals surface area contributed by atoms with Crippen molar-refractivity contribution in [2.75, 3.05) is 14.2 Å². The molecule has 0 N–H and O–H groups in total. The van der Waals surface area contributed by atoms with Crippen molar-refractivity contribution in [3.63, 3.8) is 0 Å². The summed E-state index contributed by atoms with van der Waals surface area (Å²) in [5.41, 5.74) is 1.77. The number of oxime groups is 1. The molecule has 0 unspecified atom stereocenters. The van der Waals surface area contributed by atoms with Crippen LogP contribution in [0.25, 0.3) is 16.3 Å². The lowest BCUT2D eigenvalue weighted by Gasteiger charge is -2.14. The third kappa shape index (κ3) is 4.73. The Hall–Kier alpha value is -3.71. The molecule has 31 heavy (non-hydrogen) atoms. The van der Waals surface area contributed by atoms with E-state index < -0.39 is 11.9 Å². The van der Waals surface area contributed by atoms with Gasteiger partial charge in [-0.1, -0.05) is 65.3 Å². The molecule has 3 aromatic rings. The SMILES string of the molecule is COC=C(C(=O)OC)c1ccccc1C(=NOC(C)=O)c1ncc(Cl)c2ccccc12. The summed E-state index contributed by atoms with van der Waals surface area (Å²) in [4.78, 5) is 33.4. The molecule has 8 heteroatoms. The Bertz CT molecular complexity index is 1200. The number of rotatable bonds is 6. The molecule has 0 spiro atoms. The maximum atomic E-state index is 12.4. The number of carbonyl (C=O) groups excluding carboxylic acids is 2. The van der Waals surface area contributed by atoms with Crippen LogP contribution in [0, 0.1) is 0 Å². The number of benzene rings is 2. The van der Waals surface area contributed by atoms with Gasteiger partial charge >= 0.3 is 11.9 Å². The first-order chi connectivity index (χ1) is 15.0. The number of hydrogen-bond acceptors (Lipinski definition) is 7. The van der Waals surface area contributed by atoms with E-state index in [4.69, 9.17) is 25.9 Å². The predicted molar refractivity (Wildman–Crippen MR) is 118 cm³/mol. The van der Waals surface area contributed by atoms with Crippen LogP contribution < -0.4 is 0 Å². The van der Waals surface area contributed by atoms with Crippen LogP contribution in [0.15, 0.2) is 66.1 Å².